The van der Waals surface area contributed by atoms with E-state index in [4.69, 9.17) is 9.84 Å². The molecule has 2 aromatic rings. The zero-order valence-corrected chi connectivity index (χ0v) is 22.7. The van der Waals surface area contributed by atoms with Gasteiger partial charge in [0.25, 0.3) is 5.91 Å². The van der Waals surface area contributed by atoms with E-state index in [0.29, 0.717) is 29.4 Å². The monoisotopic (exact) mass is 498 g/mol. The zero-order valence-electron chi connectivity index (χ0n) is 21.9. The first kappa shape index (κ1) is 29.8. The van der Waals surface area contributed by atoms with Gasteiger partial charge >= 0.3 is 5.97 Å². The molecule has 1 aromatic heterocycles. The fourth-order valence-corrected chi connectivity index (χ4v) is 4.44. The van der Waals surface area contributed by atoms with Crippen molar-refractivity contribution in [3.8, 4) is 5.75 Å². The third-order valence-corrected chi connectivity index (χ3v) is 6.21. The molecule has 6 nitrogen and oxygen atoms in total. The molecule has 0 radical (unpaired) electrons. The molecule has 7 heteroatoms. The number of hydrogen-bond donors (Lipinski definition) is 1. The number of rotatable bonds is 7. The zero-order chi connectivity index (χ0) is 26.5. The standard InChI is InChI=1S/C24H26N2O4S.2C2H6/c1-5-7-18(8-6-2)22-25-15(3)21(31-22)23(27)26-12-11-17-9-10-20(13-19(17)14-26)30-16(4)24(28)29;2*1-2/h5-10,13,16H,1,11-12,14H2,2-4H3,(H,28,29);2*1-2H3/b8-6-,18-7+;;. The lowest BCUT2D eigenvalue weighted by molar-refractivity contribution is -0.144. The molecular formula is C28H38N2O4S. The van der Waals surface area contributed by atoms with E-state index in [1.54, 1.807) is 12.1 Å². The van der Waals surface area contributed by atoms with Crippen molar-refractivity contribution < 1.29 is 19.4 Å². The van der Waals surface area contributed by atoms with Crippen LogP contribution in [0, 0.1) is 6.92 Å². The molecular weight excluding hydrogens is 460 g/mol. The van der Waals surface area contributed by atoms with Gasteiger partial charge in [-0.2, -0.15) is 0 Å². The lowest BCUT2D eigenvalue weighted by Crippen LogP contribution is -2.36. The highest BCUT2D eigenvalue weighted by molar-refractivity contribution is 7.14. The Kier molecular flexibility index (Phi) is 12.7. The van der Waals surface area contributed by atoms with Crippen LogP contribution in [0.2, 0.25) is 0 Å². The van der Waals surface area contributed by atoms with Gasteiger partial charge in [-0.1, -0.05) is 64.6 Å². The summed E-state index contributed by atoms with van der Waals surface area (Å²) in [4.78, 5) is 31.4. The Labute approximate surface area is 213 Å². The van der Waals surface area contributed by atoms with Gasteiger partial charge in [0.05, 0.1) is 5.69 Å². The predicted molar refractivity (Wildman–Crippen MR) is 145 cm³/mol. The van der Waals surface area contributed by atoms with E-state index in [9.17, 15) is 9.59 Å². The van der Waals surface area contributed by atoms with Gasteiger partial charge in [-0.15, -0.1) is 11.3 Å². The number of amides is 1. The summed E-state index contributed by atoms with van der Waals surface area (Å²) in [5.41, 5.74) is 3.74. The lowest BCUT2D eigenvalue weighted by atomic mass is 9.99. The second-order valence-corrected chi connectivity index (χ2v) is 8.30. The van der Waals surface area contributed by atoms with Crippen molar-refractivity contribution in [1.82, 2.24) is 9.88 Å². The Bertz CT molecular complexity index is 1070. The number of carboxylic acid groups (broad SMARTS) is 1. The number of carbonyl (C=O) groups excluding carboxylic acids is 1. The van der Waals surface area contributed by atoms with Crippen molar-refractivity contribution in [3.63, 3.8) is 0 Å². The number of ether oxygens (including phenoxy) is 1. The molecule has 3 rings (SSSR count). The van der Waals surface area contributed by atoms with E-state index < -0.39 is 12.1 Å². The number of aromatic nitrogens is 1. The number of nitrogens with zero attached hydrogens (tertiary/aromatic N) is 2. The van der Waals surface area contributed by atoms with E-state index in [1.807, 2.05) is 76.8 Å². The molecule has 1 unspecified atom stereocenters. The average molecular weight is 499 g/mol. The lowest BCUT2D eigenvalue weighted by Gasteiger charge is -2.29. The molecule has 1 aromatic carbocycles. The number of carbonyl (C=O) groups is 2. The van der Waals surface area contributed by atoms with Crippen LogP contribution in [0.1, 0.15) is 73.0 Å². The van der Waals surface area contributed by atoms with Gasteiger partial charge in [-0.3, -0.25) is 4.79 Å². The summed E-state index contributed by atoms with van der Waals surface area (Å²) in [6, 6.07) is 5.56. The van der Waals surface area contributed by atoms with Crippen LogP contribution in [0.15, 0.2) is 49.1 Å². The largest absolute Gasteiger partial charge is 0.479 e. The molecule has 1 N–H and O–H groups in total. The van der Waals surface area contributed by atoms with E-state index in [0.717, 1.165) is 28.1 Å². The number of thiazole rings is 1. The number of carboxylic acids is 1. The highest BCUT2D eigenvalue weighted by Gasteiger charge is 2.26. The number of allylic oxidation sites excluding steroid dienone is 5. The molecule has 190 valence electrons. The summed E-state index contributed by atoms with van der Waals surface area (Å²) in [5, 5.41) is 9.85. The summed E-state index contributed by atoms with van der Waals surface area (Å²) < 4.78 is 5.49. The van der Waals surface area contributed by atoms with Crippen molar-refractivity contribution >= 4 is 28.8 Å². The third-order valence-electron chi connectivity index (χ3n) is 5.02. The number of fused-ring (bicyclic) bond motifs is 1. The Hall–Kier alpha value is -3.19. The van der Waals surface area contributed by atoms with Crippen molar-refractivity contribution in [2.45, 2.75) is 67.5 Å². The fourth-order valence-electron chi connectivity index (χ4n) is 3.40. The van der Waals surface area contributed by atoms with Crippen LogP contribution >= 0.6 is 11.3 Å². The molecule has 1 aliphatic heterocycles. The Morgan fingerprint density at radius 1 is 1.23 bits per heavy atom. The minimum atomic E-state index is -1.02. The smallest absolute Gasteiger partial charge is 0.344 e. The van der Waals surface area contributed by atoms with Gasteiger partial charge in [-0.05, 0) is 50.5 Å². The number of aliphatic carboxylic acids is 1. The second kappa shape index (κ2) is 14.9. The molecule has 0 fully saturated rings. The number of benzene rings is 1. The number of aryl methyl sites for hydroxylation is 1. The fraction of sp³-hybridized carbons (Fsp3) is 0.393. The highest BCUT2D eigenvalue weighted by atomic mass is 32.1. The molecule has 2 heterocycles. The molecule has 0 saturated carbocycles. The first-order valence-corrected chi connectivity index (χ1v) is 12.9. The second-order valence-electron chi connectivity index (χ2n) is 7.30. The minimum absolute atomic E-state index is 0.0458. The Balaban J connectivity index is 0.00000145. The van der Waals surface area contributed by atoms with Gasteiger partial charge in [0.1, 0.15) is 15.6 Å². The molecule has 0 spiro atoms. The molecule has 0 aliphatic carbocycles. The molecule has 35 heavy (non-hydrogen) atoms. The molecule has 1 amide bonds. The molecule has 1 aliphatic rings. The first-order valence-electron chi connectivity index (χ1n) is 12.1. The average Bonchev–Trinajstić information content (AvgIpc) is 3.26. The predicted octanol–water partition coefficient (Wildman–Crippen LogP) is 6.70. The maximum absolute atomic E-state index is 13.3. The van der Waals surface area contributed by atoms with Gasteiger partial charge in [0, 0.05) is 18.7 Å². The minimum Gasteiger partial charge on any atom is -0.479 e. The Morgan fingerprint density at radius 2 is 1.91 bits per heavy atom. The van der Waals surface area contributed by atoms with Gasteiger partial charge in [-0.25, -0.2) is 9.78 Å². The summed E-state index contributed by atoms with van der Waals surface area (Å²) in [5.74, 6) is -0.575. The van der Waals surface area contributed by atoms with Crippen LogP contribution < -0.4 is 4.74 Å². The van der Waals surface area contributed by atoms with E-state index in [-0.39, 0.29) is 5.91 Å². The maximum atomic E-state index is 13.3. The molecule has 0 bridgehead atoms. The summed E-state index contributed by atoms with van der Waals surface area (Å²) in [7, 11) is 0. The van der Waals surface area contributed by atoms with E-state index in [1.165, 1.54) is 18.3 Å². The van der Waals surface area contributed by atoms with Crippen LogP contribution in [-0.2, 0) is 17.8 Å². The van der Waals surface area contributed by atoms with Gasteiger partial charge in [0.15, 0.2) is 6.10 Å². The first-order chi connectivity index (χ1) is 16.8. The van der Waals surface area contributed by atoms with Gasteiger partial charge in [0.2, 0.25) is 0 Å². The normalized spacial score (nSPS) is 13.6. The van der Waals surface area contributed by atoms with Crippen molar-refractivity contribution in [1.29, 1.82) is 0 Å². The topological polar surface area (TPSA) is 79.7 Å². The van der Waals surface area contributed by atoms with E-state index >= 15 is 0 Å². The van der Waals surface area contributed by atoms with E-state index in [2.05, 4.69) is 11.6 Å². The van der Waals surface area contributed by atoms with Crippen LogP contribution in [-0.4, -0.2) is 39.5 Å². The number of hydrogen-bond acceptors (Lipinski definition) is 5. The highest BCUT2D eigenvalue weighted by Crippen LogP contribution is 2.30. The van der Waals surface area contributed by atoms with Crippen LogP contribution in [0.3, 0.4) is 0 Å². The van der Waals surface area contributed by atoms with Crippen LogP contribution in [0.5, 0.6) is 5.75 Å². The van der Waals surface area contributed by atoms with Crippen molar-refractivity contribution in [3.05, 3.63) is 75.8 Å². The summed E-state index contributed by atoms with van der Waals surface area (Å²) in [6.07, 6.45) is 7.27. The molecule has 1 atom stereocenters. The summed E-state index contributed by atoms with van der Waals surface area (Å²) >= 11 is 1.39. The van der Waals surface area contributed by atoms with Crippen LogP contribution in [0.25, 0.3) is 5.57 Å². The third kappa shape index (κ3) is 7.92. The Morgan fingerprint density at radius 3 is 2.51 bits per heavy atom. The quantitative estimate of drug-likeness (QED) is 0.430. The maximum Gasteiger partial charge on any atom is 0.344 e. The van der Waals surface area contributed by atoms with Crippen LogP contribution in [0.4, 0.5) is 0 Å². The molecule has 0 saturated heterocycles. The SMILES string of the molecule is C=C/C=C(\C=C/C)c1nc(C)c(C(=O)N2CCc3ccc(OC(C)C(=O)O)cc3C2)s1.CC.CC. The summed E-state index contributed by atoms with van der Waals surface area (Å²) in [6.45, 7) is 18.1. The van der Waals surface area contributed by atoms with Crippen molar-refractivity contribution in [2.75, 3.05) is 6.54 Å². The van der Waals surface area contributed by atoms with Gasteiger partial charge < -0.3 is 14.7 Å². The van der Waals surface area contributed by atoms with Crippen molar-refractivity contribution in [2.24, 2.45) is 0 Å².